The van der Waals surface area contributed by atoms with E-state index in [-0.39, 0.29) is 0 Å². The minimum Gasteiger partial charge on any atom is -0.357 e. The summed E-state index contributed by atoms with van der Waals surface area (Å²) in [6.45, 7) is 8.20. The molecule has 0 fully saturated rings. The molecule has 0 radical (unpaired) electrons. The third-order valence-corrected chi connectivity index (χ3v) is 4.84. The highest BCUT2D eigenvalue weighted by Gasteiger charge is 2.09. The van der Waals surface area contributed by atoms with Crippen LogP contribution in [0.4, 0.5) is 0 Å². The molecule has 0 atom stereocenters. The van der Waals surface area contributed by atoms with Crippen LogP contribution in [0.1, 0.15) is 29.4 Å². The van der Waals surface area contributed by atoms with Crippen molar-refractivity contribution in [2.45, 2.75) is 33.7 Å². The van der Waals surface area contributed by atoms with E-state index in [1.54, 1.807) is 0 Å². The van der Waals surface area contributed by atoms with Crippen LogP contribution in [0, 0.1) is 13.8 Å². The predicted octanol–water partition coefficient (Wildman–Crippen LogP) is 3.64. The Morgan fingerprint density at radius 1 is 1.16 bits per heavy atom. The minimum absolute atomic E-state index is 0.591. The van der Waals surface area contributed by atoms with Crippen molar-refractivity contribution in [2.75, 3.05) is 13.1 Å². The van der Waals surface area contributed by atoms with Crippen molar-refractivity contribution >= 4 is 29.2 Å². The largest absolute Gasteiger partial charge is 0.357 e. The number of aryl methyl sites for hydroxylation is 2. The van der Waals surface area contributed by atoms with Crippen molar-refractivity contribution < 1.29 is 0 Å². The van der Waals surface area contributed by atoms with Crippen LogP contribution in [-0.4, -0.2) is 28.8 Å². The number of halogens is 2. The van der Waals surface area contributed by atoms with E-state index in [0.29, 0.717) is 23.1 Å². The van der Waals surface area contributed by atoms with Gasteiger partial charge in [0.15, 0.2) is 5.96 Å². The SMILES string of the molecule is CCNC(=NCc1c(C)nn(C)c1C)NCCc1c(Cl)cccc1Cl. The summed E-state index contributed by atoms with van der Waals surface area (Å²) in [6.07, 6.45) is 0.730. The lowest BCUT2D eigenvalue weighted by Crippen LogP contribution is -2.38. The van der Waals surface area contributed by atoms with E-state index in [2.05, 4.69) is 27.6 Å². The second-order valence-electron chi connectivity index (χ2n) is 5.85. The molecular weight excluding hydrogens is 357 g/mol. The lowest BCUT2D eigenvalue weighted by atomic mass is 10.1. The van der Waals surface area contributed by atoms with E-state index in [4.69, 9.17) is 23.2 Å². The van der Waals surface area contributed by atoms with Gasteiger partial charge in [0, 0.05) is 41.4 Å². The highest BCUT2D eigenvalue weighted by atomic mass is 35.5. The van der Waals surface area contributed by atoms with Gasteiger partial charge in [0.05, 0.1) is 12.2 Å². The summed E-state index contributed by atoms with van der Waals surface area (Å²) in [5.41, 5.74) is 4.27. The van der Waals surface area contributed by atoms with Gasteiger partial charge in [-0.3, -0.25) is 4.68 Å². The maximum atomic E-state index is 6.22. The first-order valence-electron chi connectivity index (χ1n) is 8.38. The summed E-state index contributed by atoms with van der Waals surface area (Å²) >= 11 is 12.4. The van der Waals surface area contributed by atoms with Gasteiger partial charge in [0.2, 0.25) is 0 Å². The summed E-state index contributed by atoms with van der Waals surface area (Å²) in [6, 6.07) is 5.57. The summed E-state index contributed by atoms with van der Waals surface area (Å²) in [5, 5.41) is 12.4. The standard InChI is InChI=1S/C18H25Cl2N5/c1-5-21-18(23-11-15-12(2)24-25(4)13(15)3)22-10-9-14-16(19)7-6-8-17(14)20/h6-8H,5,9-11H2,1-4H3,(H2,21,22,23). The number of aromatic nitrogens is 2. The first kappa shape index (κ1) is 19.6. The second kappa shape index (κ2) is 9.11. The van der Waals surface area contributed by atoms with Crippen molar-refractivity contribution in [3.63, 3.8) is 0 Å². The predicted molar refractivity (Wildman–Crippen MR) is 106 cm³/mol. The van der Waals surface area contributed by atoms with Crippen molar-refractivity contribution in [1.82, 2.24) is 20.4 Å². The fraction of sp³-hybridized carbons (Fsp3) is 0.444. The van der Waals surface area contributed by atoms with E-state index in [0.717, 1.165) is 41.4 Å². The van der Waals surface area contributed by atoms with E-state index in [1.165, 1.54) is 0 Å². The van der Waals surface area contributed by atoms with Crippen molar-refractivity contribution in [1.29, 1.82) is 0 Å². The van der Waals surface area contributed by atoms with Gasteiger partial charge in [-0.15, -0.1) is 0 Å². The van der Waals surface area contributed by atoms with Gasteiger partial charge < -0.3 is 10.6 Å². The molecule has 0 aliphatic carbocycles. The fourth-order valence-electron chi connectivity index (χ4n) is 2.62. The van der Waals surface area contributed by atoms with Gasteiger partial charge in [0.25, 0.3) is 0 Å². The number of nitrogens with one attached hydrogen (secondary N) is 2. The number of hydrogen-bond acceptors (Lipinski definition) is 2. The monoisotopic (exact) mass is 381 g/mol. The Balaban J connectivity index is 2.00. The zero-order chi connectivity index (χ0) is 18.4. The van der Waals surface area contributed by atoms with Gasteiger partial charge >= 0.3 is 0 Å². The van der Waals surface area contributed by atoms with E-state index >= 15 is 0 Å². The lowest BCUT2D eigenvalue weighted by Gasteiger charge is -2.12. The molecule has 1 aromatic heterocycles. The molecule has 0 saturated heterocycles. The molecular formula is C18H25Cl2N5. The van der Waals surface area contributed by atoms with Crippen LogP contribution in [0.5, 0.6) is 0 Å². The van der Waals surface area contributed by atoms with Crippen LogP contribution in [-0.2, 0) is 20.0 Å². The van der Waals surface area contributed by atoms with Gasteiger partial charge in [-0.05, 0) is 44.9 Å². The van der Waals surface area contributed by atoms with E-state index in [9.17, 15) is 0 Å². The van der Waals surface area contributed by atoms with Gasteiger partial charge in [-0.1, -0.05) is 29.3 Å². The van der Waals surface area contributed by atoms with Crippen molar-refractivity contribution in [3.05, 3.63) is 50.8 Å². The first-order valence-corrected chi connectivity index (χ1v) is 9.13. The van der Waals surface area contributed by atoms with Crippen LogP contribution < -0.4 is 10.6 Å². The highest BCUT2D eigenvalue weighted by molar-refractivity contribution is 6.35. The number of guanidine groups is 1. The molecule has 7 heteroatoms. The Bertz CT molecular complexity index is 732. The lowest BCUT2D eigenvalue weighted by molar-refractivity contribution is 0.730. The maximum absolute atomic E-state index is 6.22. The van der Waals surface area contributed by atoms with E-state index < -0.39 is 0 Å². The molecule has 1 heterocycles. The molecule has 0 bridgehead atoms. The third-order valence-electron chi connectivity index (χ3n) is 4.13. The Morgan fingerprint density at radius 2 is 1.84 bits per heavy atom. The summed E-state index contributed by atoms with van der Waals surface area (Å²) in [5.74, 6) is 0.772. The normalized spacial score (nSPS) is 11.7. The quantitative estimate of drug-likeness (QED) is 0.593. The minimum atomic E-state index is 0.591. The van der Waals surface area contributed by atoms with Gasteiger partial charge in [0.1, 0.15) is 0 Å². The molecule has 5 nitrogen and oxygen atoms in total. The molecule has 0 saturated carbocycles. The molecule has 2 rings (SSSR count). The smallest absolute Gasteiger partial charge is 0.191 e. The summed E-state index contributed by atoms with van der Waals surface area (Å²) in [7, 11) is 1.95. The number of benzene rings is 1. The average Bonchev–Trinajstić information content (AvgIpc) is 2.80. The average molecular weight is 382 g/mol. The van der Waals surface area contributed by atoms with Gasteiger partial charge in [-0.25, -0.2) is 4.99 Å². The maximum Gasteiger partial charge on any atom is 0.191 e. The zero-order valence-electron chi connectivity index (χ0n) is 15.2. The molecule has 1 aromatic carbocycles. The van der Waals surface area contributed by atoms with Crippen LogP contribution in [0.25, 0.3) is 0 Å². The summed E-state index contributed by atoms with van der Waals surface area (Å²) < 4.78 is 1.89. The molecule has 0 spiro atoms. The van der Waals surface area contributed by atoms with Crippen molar-refractivity contribution in [2.24, 2.45) is 12.0 Å². The van der Waals surface area contributed by atoms with Crippen LogP contribution in [0.15, 0.2) is 23.2 Å². The molecule has 136 valence electrons. The van der Waals surface area contributed by atoms with Crippen molar-refractivity contribution in [3.8, 4) is 0 Å². The van der Waals surface area contributed by atoms with Crippen LogP contribution >= 0.6 is 23.2 Å². The van der Waals surface area contributed by atoms with E-state index in [1.807, 2.05) is 43.8 Å². The summed E-state index contributed by atoms with van der Waals surface area (Å²) in [4.78, 5) is 4.67. The third kappa shape index (κ3) is 5.13. The van der Waals surface area contributed by atoms with Crippen LogP contribution in [0.2, 0.25) is 10.0 Å². The Kier molecular flexibility index (Phi) is 7.14. The molecule has 0 aliphatic rings. The fourth-order valence-corrected chi connectivity index (χ4v) is 3.21. The first-order chi connectivity index (χ1) is 11.9. The zero-order valence-corrected chi connectivity index (χ0v) is 16.7. The molecule has 25 heavy (non-hydrogen) atoms. The Labute approximate surface area is 159 Å². The van der Waals surface area contributed by atoms with Gasteiger partial charge in [-0.2, -0.15) is 5.10 Å². The topological polar surface area (TPSA) is 54.2 Å². The highest BCUT2D eigenvalue weighted by Crippen LogP contribution is 2.24. The molecule has 0 amide bonds. The number of rotatable bonds is 6. The Hall–Kier alpha value is -1.72. The Morgan fingerprint density at radius 3 is 2.40 bits per heavy atom. The second-order valence-corrected chi connectivity index (χ2v) is 6.66. The number of nitrogens with zero attached hydrogens (tertiary/aromatic N) is 3. The number of hydrogen-bond donors (Lipinski definition) is 2. The van der Waals surface area contributed by atoms with Crippen LogP contribution in [0.3, 0.4) is 0 Å². The molecule has 0 unspecified atom stereocenters. The molecule has 2 aromatic rings. The molecule has 0 aliphatic heterocycles. The molecule has 2 N–H and O–H groups in total. The number of aliphatic imine (C=N–C) groups is 1.